The number of carbonyl (C=O) groups is 1. The third-order valence-corrected chi connectivity index (χ3v) is 3.79. The number of rotatable bonds is 4. The van der Waals surface area contributed by atoms with E-state index < -0.39 is 23.8 Å². The maximum atomic E-state index is 12.6. The molecule has 0 aliphatic heterocycles. The fourth-order valence-corrected chi connectivity index (χ4v) is 2.59. The van der Waals surface area contributed by atoms with E-state index in [-0.39, 0.29) is 24.0 Å². The van der Waals surface area contributed by atoms with Crippen molar-refractivity contribution in [3.05, 3.63) is 40.9 Å². The number of hydrogen-bond donors (Lipinski definition) is 0. The number of aromatic nitrogens is 4. The molecule has 3 rings (SSSR count). The number of halogens is 3. The number of benzene rings is 1. The van der Waals surface area contributed by atoms with Crippen molar-refractivity contribution in [1.82, 2.24) is 24.0 Å². The van der Waals surface area contributed by atoms with Gasteiger partial charge in [0.2, 0.25) is 0 Å². The number of aryl methyl sites for hydroxylation is 1. The molecular weight excluding hydrogens is 395 g/mol. The smallest absolute Gasteiger partial charge is 0.424 e. The molecule has 0 N–H and O–H groups in total. The van der Waals surface area contributed by atoms with E-state index >= 15 is 0 Å². The first kappa shape index (κ1) is 20.2. The lowest BCUT2D eigenvalue weighted by Crippen LogP contribution is -2.36. The second kappa shape index (κ2) is 7.45. The van der Waals surface area contributed by atoms with Crippen molar-refractivity contribution >= 4 is 17.2 Å². The van der Waals surface area contributed by atoms with Gasteiger partial charge < -0.3 is 14.4 Å². The predicted octanol–water partition coefficient (Wildman–Crippen LogP) is 2.83. The zero-order valence-corrected chi connectivity index (χ0v) is 15.6. The normalized spacial score (nSPS) is 11.5. The third-order valence-electron chi connectivity index (χ3n) is 3.79. The van der Waals surface area contributed by atoms with Gasteiger partial charge in [0.25, 0.3) is 0 Å². The first-order valence-corrected chi connectivity index (χ1v) is 8.34. The average molecular weight is 411 g/mol. The molecule has 154 valence electrons. The van der Waals surface area contributed by atoms with Crippen LogP contribution in [0.15, 0.2) is 35.3 Å². The van der Waals surface area contributed by atoms with E-state index in [0.29, 0.717) is 5.52 Å². The van der Waals surface area contributed by atoms with Crippen LogP contribution in [0.5, 0.6) is 17.5 Å². The Bertz CT molecular complexity index is 1120. The van der Waals surface area contributed by atoms with Crippen LogP contribution in [0.2, 0.25) is 0 Å². The van der Waals surface area contributed by atoms with Crippen LogP contribution in [0.25, 0.3) is 11.2 Å². The molecule has 0 aliphatic carbocycles. The number of fused-ring (bicyclic) bond motifs is 1. The number of imidazole rings is 1. The number of nitrogens with zero attached hydrogens (tertiary/aromatic N) is 5. The molecule has 0 spiro atoms. The van der Waals surface area contributed by atoms with E-state index in [2.05, 4.69) is 14.7 Å². The largest absolute Gasteiger partial charge is 0.573 e. The number of hydrogen-bond acceptors (Lipinski definition) is 6. The SMILES string of the molecule is CCn1c(=O)n(C(=O)N(C)C)c2nc(Oc3cccc(OC(F)(F)F)c3)ncc21. The van der Waals surface area contributed by atoms with E-state index in [4.69, 9.17) is 4.74 Å². The van der Waals surface area contributed by atoms with Gasteiger partial charge in [-0.25, -0.2) is 14.6 Å². The minimum Gasteiger partial charge on any atom is -0.424 e. The molecule has 12 heteroatoms. The van der Waals surface area contributed by atoms with Gasteiger partial charge in [0, 0.05) is 26.7 Å². The van der Waals surface area contributed by atoms with Gasteiger partial charge >= 0.3 is 24.1 Å². The van der Waals surface area contributed by atoms with Crippen molar-refractivity contribution in [2.24, 2.45) is 0 Å². The summed E-state index contributed by atoms with van der Waals surface area (Å²) in [4.78, 5) is 34.3. The molecule has 0 radical (unpaired) electrons. The molecule has 2 heterocycles. The van der Waals surface area contributed by atoms with Gasteiger partial charge in [-0.3, -0.25) is 4.57 Å². The highest BCUT2D eigenvalue weighted by Gasteiger charge is 2.31. The minimum atomic E-state index is -4.85. The molecule has 1 amide bonds. The van der Waals surface area contributed by atoms with Gasteiger partial charge in [0.1, 0.15) is 17.0 Å². The summed E-state index contributed by atoms with van der Waals surface area (Å²) in [6.07, 6.45) is -3.54. The van der Waals surface area contributed by atoms with E-state index in [0.717, 1.165) is 16.7 Å². The van der Waals surface area contributed by atoms with Crippen LogP contribution < -0.4 is 15.2 Å². The standard InChI is InChI=1S/C17H16F3N5O4/c1-4-24-12-9-21-14(22-13(12)25(16(24)27)15(26)23(2)3)28-10-6-5-7-11(8-10)29-17(18,19)20/h5-9H,4H2,1-3H3. The number of ether oxygens (including phenoxy) is 2. The summed E-state index contributed by atoms with van der Waals surface area (Å²) in [6.45, 7) is 2.01. The fraction of sp³-hybridized carbons (Fsp3) is 0.294. The molecule has 0 bridgehead atoms. The zero-order valence-electron chi connectivity index (χ0n) is 15.6. The van der Waals surface area contributed by atoms with Crippen LogP contribution >= 0.6 is 0 Å². The molecule has 1 aromatic carbocycles. The number of carbonyl (C=O) groups excluding carboxylic acids is 1. The summed E-state index contributed by atoms with van der Waals surface area (Å²) in [5.41, 5.74) is -0.259. The highest BCUT2D eigenvalue weighted by molar-refractivity contribution is 5.86. The lowest BCUT2D eigenvalue weighted by molar-refractivity contribution is -0.274. The Morgan fingerprint density at radius 3 is 2.55 bits per heavy atom. The van der Waals surface area contributed by atoms with Crippen molar-refractivity contribution in [2.75, 3.05) is 14.1 Å². The molecule has 0 unspecified atom stereocenters. The van der Waals surface area contributed by atoms with Crippen molar-refractivity contribution in [2.45, 2.75) is 19.8 Å². The van der Waals surface area contributed by atoms with Gasteiger partial charge in [-0.1, -0.05) is 6.07 Å². The molecular formula is C17H16F3N5O4. The Hall–Kier alpha value is -3.57. The Morgan fingerprint density at radius 1 is 1.24 bits per heavy atom. The summed E-state index contributed by atoms with van der Waals surface area (Å²) >= 11 is 0. The summed E-state index contributed by atoms with van der Waals surface area (Å²) in [6, 6.07) is 3.93. The molecule has 29 heavy (non-hydrogen) atoms. The average Bonchev–Trinajstić information content (AvgIpc) is 2.90. The molecule has 3 aromatic rings. The highest BCUT2D eigenvalue weighted by Crippen LogP contribution is 2.28. The van der Waals surface area contributed by atoms with Crippen LogP contribution in [0.3, 0.4) is 0 Å². The quantitative estimate of drug-likeness (QED) is 0.656. The number of amides is 1. The molecule has 9 nitrogen and oxygen atoms in total. The Labute approximate surface area is 161 Å². The van der Waals surface area contributed by atoms with Gasteiger partial charge in [-0.15, -0.1) is 13.2 Å². The topological polar surface area (TPSA) is 91.5 Å². The van der Waals surface area contributed by atoms with Crippen molar-refractivity contribution in [3.63, 3.8) is 0 Å². The predicted molar refractivity (Wildman–Crippen MR) is 95.1 cm³/mol. The van der Waals surface area contributed by atoms with Gasteiger partial charge in [0.15, 0.2) is 5.65 Å². The van der Waals surface area contributed by atoms with E-state index in [1.165, 1.54) is 41.9 Å². The minimum absolute atomic E-state index is 0.0169. The monoisotopic (exact) mass is 411 g/mol. The van der Waals surface area contributed by atoms with E-state index in [1.54, 1.807) is 6.92 Å². The van der Waals surface area contributed by atoms with E-state index in [1.807, 2.05) is 0 Å². The summed E-state index contributed by atoms with van der Waals surface area (Å²) in [5.74, 6) is -0.498. The second-order valence-electron chi connectivity index (χ2n) is 6.03. The molecule has 0 saturated heterocycles. The maximum Gasteiger partial charge on any atom is 0.573 e. The van der Waals surface area contributed by atoms with Crippen molar-refractivity contribution < 1.29 is 27.4 Å². The summed E-state index contributed by atoms with van der Waals surface area (Å²) in [7, 11) is 2.96. The Morgan fingerprint density at radius 2 is 1.93 bits per heavy atom. The van der Waals surface area contributed by atoms with Gasteiger partial charge in [-0.05, 0) is 19.1 Å². The van der Waals surface area contributed by atoms with Crippen LogP contribution in [0, 0.1) is 0 Å². The van der Waals surface area contributed by atoms with Crippen LogP contribution in [-0.4, -0.2) is 50.5 Å². The molecule has 2 aromatic heterocycles. The maximum absolute atomic E-state index is 12.6. The molecule has 0 aliphatic rings. The molecule has 0 atom stereocenters. The lowest BCUT2D eigenvalue weighted by Gasteiger charge is -2.11. The third kappa shape index (κ3) is 4.15. The summed E-state index contributed by atoms with van der Waals surface area (Å²) < 4.78 is 48.6. The first-order valence-electron chi connectivity index (χ1n) is 8.34. The van der Waals surface area contributed by atoms with Gasteiger partial charge in [-0.2, -0.15) is 9.55 Å². The fourth-order valence-electron chi connectivity index (χ4n) is 2.59. The highest BCUT2D eigenvalue weighted by atomic mass is 19.4. The Kier molecular flexibility index (Phi) is 5.18. The van der Waals surface area contributed by atoms with Gasteiger partial charge in [0.05, 0.1) is 6.20 Å². The van der Waals surface area contributed by atoms with Crippen LogP contribution in [-0.2, 0) is 6.54 Å². The van der Waals surface area contributed by atoms with Crippen LogP contribution in [0.4, 0.5) is 18.0 Å². The number of alkyl halides is 3. The van der Waals surface area contributed by atoms with Crippen LogP contribution in [0.1, 0.15) is 6.92 Å². The molecule has 0 fully saturated rings. The van der Waals surface area contributed by atoms with Crippen molar-refractivity contribution in [1.29, 1.82) is 0 Å². The lowest BCUT2D eigenvalue weighted by atomic mass is 10.3. The second-order valence-corrected chi connectivity index (χ2v) is 6.03. The Balaban J connectivity index is 2.02. The van der Waals surface area contributed by atoms with E-state index in [9.17, 15) is 22.8 Å². The van der Waals surface area contributed by atoms with Crippen molar-refractivity contribution in [3.8, 4) is 17.5 Å². The first-order chi connectivity index (χ1) is 13.6. The molecule has 0 saturated carbocycles. The summed E-state index contributed by atoms with van der Waals surface area (Å²) in [5, 5.41) is 0. The zero-order chi connectivity index (χ0) is 21.3.